The molecule has 0 unspecified atom stereocenters. The van der Waals surface area contributed by atoms with Crippen LogP contribution in [0.1, 0.15) is 23.2 Å². The van der Waals surface area contributed by atoms with E-state index in [1.807, 2.05) is 6.07 Å². The number of benzene rings is 1. The van der Waals surface area contributed by atoms with E-state index in [2.05, 4.69) is 26.6 Å². The van der Waals surface area contributed by atoms with Gasteiger partial charge in [0.25, 0.3) is 5.91 Å². The Hall–Kier alpha value is -1.11. The van der Waals surface area contributed by atoms with Gasteiger partial charge in [-0.3, -0.25) is 4.79 Å². The number of carbonyl (C=O) groups is 1. The molecule has 21 heavy (non-hydrogen) atoms. The summed E-state index contributed by atoms with van der Waals surface area (Å²) in [5.74, 6) is -0.131. The zero-order valence-electron chi connectivity index (χ0n) is 12.2. The number of piperidine rings is 1. The van der Waals surface area contributed by atoms with Crippen molar-refractivity contribution in [3.8, 4) is 0 Å². The summed E-state index contributed by atoms with van der Waals surface area (Å²) in [6, 6.07) is 5.30. The normalized spacial score (nSPS) is 17.4. The van der Waals surface area contributed by atoms with E-state index >= 15 is 0 Å². The van der Waals surface area contributed by atoms with Crippen LogP contribution in [-0.4, -0.2) is 39.3 Å². The van der Waals surface area contributed by atoms with Crippen LogP contribution < -0.4 is 16.4 Å². The van der Waals surface area contributed by atoms with E-state index in [9.17, 15) is 4.79 Å². The third-order valence-corrected chi connectivity index (χ3v) is 4.49. The molecule has 1 aliphatic heterocycles. The minimum atomic E-state index is -0.131. The lowest BCUT2D eigenvalue weighted by atomic mass is 9.79. The maximum Gasteiger partial charge on any atom is 0.253 e. The molecule has 0 radical (unpaired) electrons. The smallest absolute Gasteiger partial charge is 0.253 e. The van der Waals surface area contributed by atoms with Crippen LogP contribution >= 0.6 is 15.9 Å². The molecule has 0 spiro atoms. The first-order valence-corrected chi connectivity index (χ1v) is 7.88. The second kappa shape index (κ2) is 7.24. The molecule has 1 saturated heterocycles. The summed E-state index contributed by atoms with van der Waals surface area (Å²) >= 11 is 3.34. The van der Waals surface area contributed by atoms with E-state index in [-0.39, 0.29) is 11.3 Å². The minimum Gasteiger partial charge on any atom is -0.398 e. The molecule has 1 fully saturated rings. The van der Waals surface area contributed by atoms with E-state index < -0.39 is 0 Å². The van der Waals surface area contributed by atoms with Crippen molar-refractivity contribution in [2.75, 3.05) is 39.1 Å². The Kier molecular flexibility index (Phi) is 5.61. The number of amides is 1. The average Bonchev–Trinajstić information content (AvgIpc) is 2.46. The summed E-state index contributed by atoms with van der Waals surface area (Å²) in [6.45, 7) is 3.18. The quantitative estimate of drug-likeness (QED) is 0.703. The molecule has 1 aromatic carbocycles. The van der Waals surface area contributed by atoms with Crippen LogP contribution in [0.15, 0.2) is 22.7 Å². The number of nitrogens with one attached hydrogen (secondary N) is 2. The van der Waals surface area contributed by atoms with Crippen LogP contribution in [0.4, 0.5) is 5.69 Å². The molecule has 6 heteroatoms. The molecule has 1 aromatic rings. The molecular formula is C15H22BrN3O2. The Bertz CT molecular complexity index is 496. The highest BCUT2D eigenvalue weighted by atomic mass is 79.9. The molecule has 1 aliphatic rings. The van der Waals surface area contributed by atoms with Crippen LogP contribution in [0, 0.1) is 5.41 Å². The molecule has 0 bridgehead atoms. The second-order valence-corrected chi connectivity index (χ2v) is 6.51. The number of anilines is 1. The minimum absolute atomic E-state index is 0.0137. The van der Waals surface area contributed by atoms with Crippen molar-refractivity contribution >= 4 is 27.5 Å². The number of carbonyl (C=O) groups excluding carboxylic acids is 1. The number of nitrogens with two attached hydrogens (primary N) is 1. The third-order valence-electron chi connectivity index (χ3n) is 4.00. The predicted molar refractivity (Wildman–Crippen MR) is 87.3 cm³/mol. The highest BCUT2D eigenvalue weighted by Gasteiger charge is 2.32. The topological polar surface area (TPSA) is 76.4 Å². The lowest BCUT2D eigenvalue weighted by molar-refractivity contribution is 0.0512. The number of nitrogen functional groups attached to an aromatic ring is 1. The van der Waals surface area contributed by atoms with Crippen molar-refractivity contribution < 1.29 is 9.53 Å². The maximum atomic E-state index is 12.3. The Morgan fingerprint density at radius 3 is 2.81 bits per heavy atom. The lowest BCUT2D eigenvalue weighted by Crippen LogP contribution is -2.47. The molecule has 0 saturated carbocycles. The number of methoxy groups -OCH3 is 1. The number of ether oxygens (including phenoxy) is 1. The summed E-state index contributed by atoms with van der Waals surface area (Å²) in [5, 5.41) is 6.35. The standard InChI is InChI=1S/C15H22BrN3O2/c1-21-10-15(4-6-18-7-5-15)9-19-14(20)12-3-2-11(16)8-13(12)17/h2-3,8,18H,4-7,9-10,17H2,1H3,(H,19,20). The highest BCUT2D eigenvalue weighted by Crippen LogP contribution is 2.28. The van der Waals surface area contributed by atoms with Gasteiger partial charge in [-0.1, -0.05) is 15.9 Å². The van der Waals surface area contributed by atoms with Crippen molar-refractivity contribution in [1.82, 2.24) is 10.6 Å². The second-order valence-electron chi connectivity index (χ2n) is 5.60. The molecule has 116 valence electrons. The molecule has 0 aromatic heterocycles. The average molecular weight is 356 g/mol. The number of hydrogen-bond donors (Lipinski definition) is 3. The zero-order chi connectivity index (χ0) is 15.3. The van der Waals surface area contributed by atoms with Crippen LogP contribution in [0.25, 0.3) is 0 Å². The number of hydrogen-bond acceptors (Lipinski definition) is 4. The monoisotopic (exact) mass is 355 g/mol. The van der Waals surface area contributed by atoms with Crippen LogP contribution in [0.5, 0.6) is 0 Å². The SMILES string of the molecule is COCC1(CNC(=O)c2ccc(Br)cc2N)CCNCC1. The van der Waals surface area contributed by atoms with Crippen molar-refractivity contribution in [3.05, 3.63) is 28.2 Å². The highest BCUT2D eigenvalue weighted by molar-refractivity contribution is 9.10. The molecule has 5 nitrogen and oxygen atoms in total. The lowest BCUT2D eigenvalue weighted by Gasteiger charge is -2.37. The van der Waals surface area contributed by atoms with Crippen molar-refractivity contribution in [2.24, 2.45) is 5.41 Å². The third kappa shape index (κ3) is 4.18. The first-order valence-electron chi connectivity index (χ1n) is 7.09. The van der Waals surface area contributed by atoms with E-state index in [4.69, 9.17) is 10.5 Å². The zero-order valence-corrected chi connectivity index (χ0v) is 13.8. The first kappa shape index (κ1) is 16.3. The molecule has 4 N–H and O–H groups in total. The van der Waals surface area contributed by atoms with E-state index in [0.29, 0.717) is 24.4 Å². The van der Waals surface area contributed by atoms with Gasteiger partial charge in [-0.25, -0.2) is 0 Å². The Morgan fingerprint density at radius 2 is 2.19 bits per heavy atom. The molecule has 2 rings (SSSR count). The van der Waals surface area contributed by atoms with Gasteiger partial charge >= 0.3 is 0 Å². The Morgan fingerprint density at radius 1 is 1.48 bits per heavy atom. The molecule has 1 amide bonds. The molecule has 0 aliphatic carbocycles. The van der Waals surface area contributed by atoms with Crippen LogP contribution in [0.3, 0.4) is 0 Å². The van der Waals surface area contributed by atoms with E-state index in [1.54, 1.807) is 19.2 Å². The summed E-state index contributed by atoms with van der Waals surface area (Å²) in [6.07, 6.45) is 1.99. The van der Waals surface area contributed by atoms with Gasteiger partial charge in [-0.05, 0) is 44.1 Å². The van der Waals surface area contributed by atoms with Gasteiger partial charge < -0.3 is 21.1 Å². The predicted octanol–water partition coefficient (Wildman–Crippen LogP) is 1.78. The van der Waals surface area contributed by atoms with Crippen molar-refractivity contribution in [2.45, 2.75) is 12.8 Å². The van der Waals surface area contributed by atoms with Gasteiger partial charge in [0.15, 0.2) is 0 Å². The Balaban J connectivity index is 2.01. The van der Waals surface area contributed by atoms with Gasteiger partial charge in [0.05, 0.1) is 12.2 Å². The fourth-order valence-corrected chi connectivity index (χ4v) is 3.12. The Labute approximate surface area is 133 Å². The number of rotatable bonds is 5. The van der Waals surface area contributed by atoms with Gasteiger partial charge in [-0.2, -0.15) is 0 Å². The van der Waals surface area contributed by atoms with Gasteiger partial charge in [0.2, 0.25) is 0 Å². The van der Waals surface area contributed by atoms with Crippen LogP contribution in [-0.2, 0) is 4.74 Å². The van der Waals surface area contributed by atoms with Gasteiger partial charge in [0.1, 0.15) is 0 Å². The van der Waals surface area contributed by atoms with Crippen LogP contribution in [0.2, 0.25) is 0 Å². The fraction of sp³-hybridized carbons (Fsp3) is 0.533. The van der Waals surface area contributed by atoms with E-state index in [0.717, 1.165) is 30.4 Å². The molecule has 1 heterocycles. The summed E-state index contributed by atoms with van der Waals surface area (Å²) < 4.78 is 6.22. The van der Waals surface area contributed by atoms with E-state index in [1.165, 1.54) is 0 Å². The van der Waals surface area contributed by atoms with Gasteiger partial charge in [-0.15, -0.1) is 0 Å². The largest absolute Gasteiger partial charge is 0.398 e. The van der Waals surface area contributed by atoms with Crippen molar-refractivity contribution in [3.63, 3.8) is 0 Å². The summed E-state index contributed by atoms with van der Waals surface area (Å²) in [7, 11) is 1.71. The van der Waals surface area contributed by atoms with Crippen molar-refractivity contribution in [1.29, 1.82) is 0 Å². The molecule has 0 atom stereocenters. The number of halogens is 1. The summed E-state index contributed by atoms with van der Waals surface area (Å²) in [4.78, 5) is 12.3. The molecular weight excluding hydrogens is 334 g/mol. The maximum absolute atomic E-state index is 12.3. The first-order chi connectivity index (χ1) is 10.1. The summed E-state index contributed by atoms with van der Waals surface area (Å²) in [5.41, 5.74) is 6.90. The fourth-order valence-electron chi connectivity index (χ4n) is 2.74. The van der Waals surface area contributed by atoms with Gasteiger partial charge in [0, 0.05) is 29.2 Å².